The molecule has 0 aromatic heterocycles. The van der Waals surface area contributed by atoms with Gasteiger partial charge >= 0.3 is 0 Å². The Morgan fingerprint density at radius 1 is 0.857 bits per heavy atom. The van der Waals surface area contributed by atoms with Crippen LogP contribution in [0.2, 0.25) is 0 Å². The first-order valence-electron chi connectivity index (χ1n) is 6.98. The molecule has 0 radical (unpaired) electrons. The lowest BCUT2D eigenvalue weighted by atomic mass is 10.2. The van der Waals surface area contributed by atoms with Crippen LogP contribution in [-0.4, -0.2) is 57.4 Å². The third-order valence-corrected chi connectivity index (χ3v) is 3.73. The van der Waals surface area contributed by atoms with Crippen molar-refractivity contribution in [2.24, 2.45) is 0 Å². The second-order valence-corrected chi connectivity index (χ2v) is 5.58. The first kappa shape index (κ1) is 16.1. The number of hydrogen-bond acceptors (Lipinski definition) is 6. The second-order valence-electron chi connectivity index (χ2n) is 4.36. The summed E-state index contributed by atoms with van der Waals surface area (Å²) >= 11 is 1.81. The molecular weight excluding hydrogens is 292 g/mol. The second kappa shape index (κ2) is 9.65. The van der Waals surface area contributed by atoms with Crippen LogP contribution in [0.1, 0.15) is 10.4 Å². The summed E-state index contributed by atoms with van der Waals surface area (Å²) in [6.45, 7) is 3.35. The van der Waals surface area contributed by atoms with Crippen molar-refractivity contribution in [2.45, 2.75) is 0 Å². The van der Waals surface area contributed by atoms with Gasteiger partial charge in [0.2, 0.25) is 0 Å². The van der Waals surface area contributed by atoms with Crippen molar-refractivity contribution < 1.29 is 23.7 Å². The van der Waals surface area contributed by atoms with Crippen molar-refractivity contribution in [3.8, 4) is 11.5 Å². The molecule has 2 rings (SSSR count). The van der Waals surface area contributed by atoms with Crippen molar-refractivity contribution in [1.29, 1.82) is 0 Å². The van der Waals surface area contributed by atoms with Crippen molar-refractivity contribution in [2.75, 3.05) is 51.1 Å². The van der Waals surface area contributed by atoms with Gasteiger partial charge in [-0.1, -0.05) is 0 Å². The smallest absolute Gasteiger partial charge is 0.162 e. The largest absolute Gasteiger partial charge is 0.487 e. The predicted molar refractivity (Wildman–Crippen MR) is 81.8 cm³/mol. The van der Waals surface area contributed by atoms with Crippen molar-refractivity contribution >= 4 is 18.0 Å². The van der Waals surface area contributed by atoms with Crippen LogP contribution in [0.25, 0.3) is 0 Å². The summed E-state index contributed by atoms with van der Waals surface area (Å²) in [5.41, 5.74) is 0.559. The minimum Gasteiger partial charge on any atom is -0.487 e. The maximum Gasteiger partial charge on any atom is 0.162 e. The SMILES string of the molecule is O=Cc1ccc2c(c1)OCCOCCSCCOCCO2. The Balaban J connectivity index is 1.98. The minimum atomic E-state index is 0.430. The van der Waals surface area contributed by atoms with Crippen LogP contribution >= 0.6 is 11.8 Å². The van der Waals surface area contributed by atoms with Gasteiger partial charge in [-0.15, -0.1) is 0 Å². The Morgan fingerprint density at radius 2 is 1.52 bits per heavy atom. The van der Waals surface area contributed by atoms with E-state index in [0.717, 1.165) is 17.8 Å². The lowest BCUT2D eigenvalue weighted by Crippen LogP contribution is -2.10. The molecule has 0 spiro atoms. The normalized spacial score (nSPS) is 18.3. The fourth-order valence-corrected chi connectivity index (χ4v) is 2.47. The van der Waals surface area contributed by atoms with E-state index in [1.54, 1.807) is 30.0 Å². The summed E-state index contributed by atoms with van der Waals surface area (Å²) in [4.78, 5) is 10.8. The average molecular weight is 312 g/mol. The molecule has 5 nitrogen and oxygen atoms in total. The number of benzene rings is 1. The third kappa shape index (κ3) is 5.95. The Labute approximate surface area is 128 Å². The number of rotatable bonds is 1. The lowest BCUT2D eigenvalue weighted by Gasteiger charge is -2.13. The predicted octanol–water partition coefficient (Wildman–Crippen LogP) is 2.04. The number of hydrogen-bond donors (Lipinski definition) is 0. The quantitative estimate of drug-likeness (QED) is 0.740. The fraction of sp³-hybridized carbons (Fsp3) is 0.533. The Morgan fingerprint density at radius 3 is 2.19 bits per heavy atom. The van der Waals surface area contributed by atoms with Crippen molar-refractivity contribution in [1.82, 2.24) is 0 Å². The maximum atomic E-state index is 10.8. The van der Waals surface area contributed by atoms with Crippen LogP contribution in [0.3, 0.4) is 0 Å². The molecule has 0 aliphatic carbocycles. The van der Waals surface area contributed by atoms with E-state index in [1.165, 1.54) is 0 Å². The zero-order valence-electron chi connectivity index (χ0n) is 11.9. The Bertz CT molecular complexity index is 438. The first-order chi connectivity index (χ1) is 10.4. The molecular formula is C15H20O5S. The van der Waals surface area contributed by atoms with Crippen molar-refractivity contribution in [3.05, 3.63) is 23.8 Å². The maximum absolute atomic E-state index is 10.8. The summed E-state index contributed by atoms with van der Waals surface area (Å²) in [6.07, 6.45) is 0.788. The number of carbonyl (C=O) groups excluding carboxylic acids is 1. The number of ether oxygens (including phenoxy) is 4. The molecule has 6 heteroatoms. The van der Waals surface area contributed by atoms with Crippen molar-refractivity contribution in [3.63, 3.8) is 0 Å². The number of thioether (sulfide) groups is 1. The van der Waals surface area contributed by atoms with Gasteiger partial charge < -0.3 is 18.9 Å². The zero-order valence-corrected chi connectivity index (χ0v) is 12.7. The van der Waals surface area contributed by atoms with E-state index in [9.17, 15) is 4.79 Å². The van der Waals surface area contributed by atoms with Gasteiger partial charge in [0.1, 0.15) is 19.5 Å². The van der Waals surface area contributed by atoms with Crippen LogP contribution in [0, 0.1) is 0 Å². The van der Waals surface area contributed by atoms with Gasteiger partial charge in [-0.25, -0.2) is 0 Å². The van der Waals surface area contributed by atoms with E-state index in [1.807, 2.05) is 0 Å². The van der Waals surface area contributed by atoms with Crippen LogP contribution in [0.4, 0.5) is 0 Å². The number of aldehydes is 1. The molecule has 1 heterocycles. The van der Waals surface area contributed by atoms with E-state index in [-0.39, 0.29) is 0 Å². The molecule has 0 N–H and O–H groups in total. The van der Waals surface area contributed by atoms with Gasteiger partial charge in [-0.2, -0.15) is 11.8 Å². The summed E-state index contributed by atoms with van der Waals surface area (Å²) in [5.74, 6) is 3.09. The highest BCUT2D eigenvalue weighted by atomic mass is 32.2. The molecule has 0 amide bonds. The zero-order chi connectivity index (χ0) is 14.8. The van der Waals surface area contributed by atoms with Gasteiger partial charge in [0.25, 0.3) is 0 Å². The highest BCUT2D eigenvalue weighted by Gasteiger charge is 2.07. The molecule has 1 aliphatic rings. The van der Waals surface area contributed by atoms with Gasteiger partial charge in [0.15, 0.2) is 11.5 Å². The highest BCUT2D eigenvalue weighted by Crippen LogP contribution is 2.28. The van der Waals surface area contributed by atoms with E-state index < -0.39 is 0 Å². The Kier molecular flexibility index (Phi) is 7.42. The molecule has 1 aliphatic heterocycles. The molecule has 0 bridgehead atoms. The minimum absolute atomic E-state index is 0.430. The lowest BCUT2D eigenvalue weighted by molar-refractivity contribution is 0.103. The monoisotopic (exact) mass is 312 g/mol. The molecule has 21 heavy (non-hydrogen) atoms. The number of fused-ring (bicyclic) bond motifs is 1. The first-order valence-corrected chi connectivity index (χ1v) is 8.13. The van der Waals surface area contributed by atoms with E-state index in [0.29, 0.717) is 56.7 Å². The van der Waals surface area contributed by atoms with E-state index in [4.69, 9.17) is 18.9 Å². The van der Waals surface area contributed by atoms with Gasteiger partial charge in [-0.05, 0) is 18.2 Å². The summed E-state index contributed by atoms with van der Waals surface area (Å²) < 4.78 is 22.3. The standard InChI is InChI=1S/C15H20O5S/c16-12-13-1-2-14-15(11-13)20-6-4-18-8-10-21-9-7-17-3-5-19-14/h1-2,11-12H,3-10H2. The van der Waals surface area contributed by atoms with Crippen LogP contribution < -0.4 is 9.47 Å². The van der Waals surface area contributed by atoms with Gasteiger partial charge in [0.05, 0.1) is 26.4 Å². The third-order valence-electron chi connectivity index (χ3n) is 2.82. The average Bonchev–Trinajstić information content (AvgIpc) is 2.52. The molecule has 0 fully saturated rings. The van der Waals surface area contributed by atoms with Crippen LogP contribution in [0.5, 0.6) is 11.5 Å². The molecule has 0 saturated heterocycles. The van der Waals surface area contributed by atoms with Crippen LogP contribution in [0.15, 0.2) is 18.2 Å². The number of carbonyl (C=O) groups is 1. The summed E-state index contributed by atoms with van der Waals surface area (Å²) in [6, 6.07) is 5.13. The topological polar surface area (TPSA) is 54.0 Å². The highest BCUT2D eigenvalue weighted by molar-refractivity contribution is 7.99. The van der Waals surface area contributed by atoms with Crippen LogP contribution in [-0.2, 0) is 9.47 Å². The van der Waals surface area contributed by atoms with E-state index in [2.05, 4.69) is 0 Å². The fourth-order valence-electron chi connectivity index (χ4n) is 1.79. The molecule has 1 aromatic rings. The molecule has 0 atom stereocenters. The van der Waals surface area contributed by atoms with Gasteiger partial charge in [-0.3, -0.25) is 4.79 Å². The molecule has 116 valence electrons. The van der Waals surface area contributed by atoms with Gasteiger partial charge in [0, 0.05) is 17.1 Å². The Hall–Kier alpha value is -1.24. The molecule has 1 aromatic carbocycles. The summed E-state index contributed by atoms with van der Waals surface area (Å²) in [7, 11) is 0. The van der Waals surface area contributed by atoms with E-state index >= 15 is 0 Å². The molecule has 0 unspecified atom stereocenters. The summed E-state index contributed by atoms with van der Waals surface area (Å²) in [5, 5.41) is 0. The molecule has 0 saturated carbocycles.